The van der Waals surface area contributed by atoms with E-state index in [1.54, 1.807) is 12.1 Å². The number of hydrogen-bond donors (Lipinski definition) is 3. The van der Waals surface area contributed by atoms with Crippen LogP contribution >= 0.6 is 39.7 Å². The van der Waals surface area contributed by atoms with Crippen LogP contribution in [0.1, 0.15) is 22.6 Å². The van der Waals surface area contributed by atoms with Crippen molar-refractivity contribution in [3.05, 3.63) is 56.9 Å². The highest BCUT2D eigenvalue weighted by atomic mass is 79.9. The van der Waals surface area contributed by atoms with Gasteiger partial charge in [0.25, 0.3) is 0 Å². The number of esters is 1. The van der Waals surface area contributed by atoms with Gasteiger partial charge in [-0.25, -0.2) is 14.4 Å². The van der Waals surface area contributed by atoms with Crippen LogP contribution in [-0.4, -0.2) is 82.2 Å². The van der Waals surface area contributed by atoms with E-state index in [1.165, 1.54) is 22.7 Å². The van der Waals surface area contributed by atoms with E-state index in [4.69, 9.17) is 19.7 Å². The van der Waals surface area contributed by atoms with Crippen molar-refractivity contribution in [2.24, 2.45) is 0 Å². The molecule has 2 aromatic heterocycles. The minimum absolute atomic E-state index is 0. The Morgan fingerprint density at radius 1 is 1.00 bits per heavy atom. The van der Waals surface area contributed by atoms with Crippen LogP contribution in [-0.2, 0) is 29.5 Å². The van der Waals surface area contributed by atoms with Crippen LogP contribution in [0.25, 0.3) is 0 Å². The van der Waals surface area contributed by atoms with Gasteiger partial charge in [0.05, 0.1) is 23.8 Å². The normalized spacial score (nSPS) is 27.7. The Morgan fingerprint density at radius 2 is 1.46 bits per heavy atom. The number of aliphatic hydroxyl groups is 1. The van der Waals surface area contributed by atoms with Crippen molar-refractivity contribution >= 4 is 57.6 Å². The monoisotopic (exact) mass is 588 g/mol. The molecule has 2 bridgehead atoms. The number of aliphatic carboxylic acids is 2. The molecular formula is C23H27BrNO8S2+. The summed E-state index contributed by atoms with van der Waals surface area (Å²) in [5, 5.41) is 30.7. The van der Waals surface area contributed by atoms with Crippen molar-refractivity contribution in [2.75, 3.05) is 14.1 Å². The van der Waals surface area contributed by atoms with E-state index in [2.05, 4.69) is 14.1 Å². The molecule has 9 nitrogen and oxygen atoms in total. The average Bonchev–Trinajstić information content (AvgIpc) is 3.11. The van der Waals surface area contributed by atoms with E-state index in [0.29, 0.717) is 46.2 Å². The van der Waals surface area contributed by atoms with Crippen molar-refractivity contribution in [1.29, 1.82) is 0 Å². The first-order valence-corrected chi connectivity index (χ1v) is 12.4. The zero-order valence-electron chi connectivity index (χ0n) is 19.0. The van der Waals surface area contributed by atoms with Crippen LogP contribution < -0.4 is 0 Å². The molecule has 0 spiro atoms. The number of thiophene rings is 2. The van der Waals surface area contributed by atoms with Crippen LogP contribution in [0.15, 0.2) is 47.2 Å². The lowest BCUT2D eigenvalue weighted by Gasteiger charge is -2.45. The Hall–Kier alpha value is -2.09. The van der Waals surface area contributed by atoms with Crippen molar-refractivity contribution in [1.82, 2.24) is 0 Å². The number of piperidine rings is 1. The maximum absolute atomic E-state index is 13.1. The van der Waals surface area contributed by atoms with E-state index in [1.807, 2.05) is 22.9 Å². The lowest BCUT2D eigenvalue weighted by atomic mass is 9.95. The summed E-state index contributed by atoms with van der Waals surface area (Å²) < 4.78 is 12.6. The van der Waals surface area contributed by atoms with Crippen molar-refractivity contribution in [2.45, 2.75) is 48.8 Å². The second-order valence-corrected chi connectivity index (χ2v) is 10.9. The highest BCUT2D eigenvalue weighted by molar-refractivity contribution is 8.93. The molecule has 2 aromatic rings. The lowest BCUT2D eigenvalue weighted by Crippen LogP contribution is -2.60. The molecule has 1 unspecified atom stereocenters. The zero-order chi connectivity index (χ0) is 24.7. The largest absolute Gasteiger partial charge is 0.478 e. The maximum Gasteiger partial charge on any atom is 0.349 e. The molecule has 3 saturated heterocycles. The third-order valence-electron chi connectivity index (χ3n) is 6.73. The van der Waals surface area contributed by atoms with Gasteiger partial charge in [0, 0.05) is 25.0 Å². The second kappa shape index (κ2) is 10.5. The Balaban J connectivity index is 0.000000332. The number of halogens is 1. The second-order valence-electron chi connectivity index (χ2n) is 9.00. The first-order chi connectivity index (χ1) is 16.0. The number of ether oxygens (including phenoxy) is 2. The molecule has 0 amide bonds. The first kappa shape index (κ1) is 27.5. The number of fused-ring (bicyclic) bond motifs is 5. The van der Waals surface area contributed by atoms with Gasteiger partial charge in [-0.3, -0.25) is 0 Å². The molecule has 0 saturated carbocycles. The molecule has 0 aliphatic carbocycles. The summed E-state index contributed by atoms with van der Waals surface area (Å²) >= 11 is 2.74. The number of morpholine rings is 1. The minimum atomic E-state index is -1.72. The molecule has 190 valence electrons. The SMILES string of the molecule is Br.C[N+]1(C)[C@@H]2CC(OC(=O)C(O)(c3cccs3)c3cccs3)C[C@H]1[C@@H]1O[C@@H]12.O=C(O)/C=C/C(=O)O. The number of quaternary nitrogens is 1. The van der Waals surface area contributed by atoms with E-state index >= 15 is 0 Å². The number of carbonyl (C=O) groups excluding carboxylic acids is 1. The smallest absolute Gasteiger partial charge is 0.349 e. The lowest BCUT2D eigenvalue weighted by molar-refractivity contribution is -0.938. The fourth-order valence-electron chi connectivity index (χ4n) is 4.97. The third kappa shape index (κ3) is 5.37. The predicted octanol–water partition coefficient (Wildman–Crippen LogP) is 2.64. The number of epoxide rings is 1. The van der Waals surface area contributed by atoms with E-state index in [-0.39, 0.29) is 23.1 Å². The summed E-state index contributed by atoms with van der Waals surface area (Å²) in [7, 11) is 4.49. The van der Waals surface area contributed by atoms with Crippen molar-refractivity contribution < 1.29 is 43.7 Å². The zero-order valence-corrected chi connectivity index (χ0v) is 22.3. The summed E-state index contributed by atoms with van der Waals surface area (Å²) in [6.45, 7) is 0. The third-order valence-corrected chi connectivity index (χ3v) is 8.69. The fraction of sp³-hybridized carbons (Fsp3) is 0.435. The first-order valence-electron chi connectivity index (χ1n) is 10.7. The molecule has 5 heterocycles. The molecule has 3 N–H and O–H groups in total. The maximum atomic E-state index is 13.1. The van der Waals surface area contributed by atoms with Gasteiger partial charge in [0.15, 0.2) is 0 Å². The predicted molar refractivity (Wildman–Crippen MR) is 134 cm³/mol. The van der Waals surface area contributed by atoms with Gasteiger partial charge in [-0.05, 0) is 22.9 Å². The number of carboxylic acid groups (broad SMARTS) is 2. The van der Waals surface area contributed by atoms with E-state index in [0.717, 1.165) is 17.3 Å². The van der Waals surface area contributed by atoms with Gasteiger partial charge in [0.2, 0.25) is 5.60 Å². The molecule has 0 radical (unpaired) electrons. The average molecular weight is 590 g/mol. The molecule has 3 aliphatic heterocycles. The number of rotatable bonds is 6. The van der Waals surface area contributed by atoms with Gasteiger partial charge in [0.1, 0.15) is 30.4 Å². The standard InChI is InChI=1S/C19H22NO4S2.C4H4O4.BrH/c1-20(2)12-9-11(10-13(20)17-16(12)24-17)23-18(21)19(22,14-5-3-7-25-14)15-6-4-8-26-15;5-3(6)1-2-4(7)8;/h3-8,11-13,16-17,22H,9-10H2,1-2H3;1-2H,(H,5,6)(H,7,8);1H/q+1;;/b;2-1+;/t11?,12-,13+,16-,17+;;. The number of carbonyl (C=O) groups is 3. The molecule has 12 heteroatoms. The van der Waals surface area contributed by atoms with Gasteiger partial charge >= 0.3 is 17.9 Å². The quantitative estimate of drug-likeness (QED) is 0.203. The number of hydrogen-bond acceptors (Lipinski definition) is 8. The molecule has 5 atom stereocenters. The molecule has 0 aromatic carbocycles. The van der Waals surface area contributed by atoms with E-state index < -0.39 is 23.5 Å². The molecule has 5 rings (SSSR count). The van der Waals surface area contributed by atoms with Gasteiger partial charge < -0.3 is 29.3 Å². The number of nitrogens with zero attached hydrogens (tertiary/aromatic N) is 1. The van der Waals surface area contributed by atoms with Crippen LogP contribution in [0, 0.1) is 0 Å². The summed E-state index contributed by atoms with van der Waals surface area (Å²) in [5.74, 6) is -3.08. The molecular weight excluding hydrogens is 562 g/mol. The minimum Gasteiger partial charge on any atom is -0.478 e. The molecule has 3 fully saturated rings. The fourth-order valence-corrected chi connectivity index (χ4v) is 6.69. The summed E-state index contributed by atoms with van der Waals surface area (Å²) in [6, 6.07) is 8.01. The summed E-state index contributed by atoms with van der Waals surface area (Å²) in [5.41, 5.74) is -1.72. The Bertz CT molecular complexity index is 1010. The topological polar surface area (TPSA) is 134 Å². The van der Waals surface area contributed by atoms with Crippen molar-refractivity contribution in [3.8, 4) is 0 Å². The van der Waals surface area contributed by atoms with Crippen LogP contribution in [0.5, 0.6) is 0 Å². The Morgan fingerprint density at radius 3 is 1.83 bits per heavy atom. The summed E-state index contributed by atoms with van der Waals surface area (Å²) in [4.78, 5) is 33.4. The number of likely N-dealkylation sites (N-methyl/N-ethyl adjacent to an activating group) is 1. The van der Waals surface area contributed by atoms with Crippen molar-refractivity contribution in [3.63, 3.8) is 0 Å². The molecule has 35 heavy (non-hydrogen) atoms. The molecule has 3 aliphatic rings. The van der Waals surface area contributed by atoms with Gasteiger partial charge in [-0.15, -0.1) is 39.7 Å². The Kier molecular flexibility index (Phi) is 8.24. The van der Waals surface area contributed by atoms with Crippen LogP contribution in [0.2, 0.25) is 0 Å². The number of carboxylic acids is 2. The van der Waals surface area contributed by atoms with Gasteiger partial charge in [-0.1, -0.05) is 12.1 Å². The highest BCUT2D eigenvalue weighted by Crippen LogP contribution is 2.52. The van der Waals surface area contributed by atoms with Crippen LogP contribution in [0.4, 0.5) is 0 Å². The van der Waals surface area contributed by atoms with E-state index in [9.17, 15) is 19.5 Å². The Labute approximate surface area is 220 Å². The van der Waals surface area contributed by atoms with Gasteiger partial charge in [-0.2, -0.15) is 0 Å². The highest BCUT2D eigenvalue weighted by Gasteiger charge is 2.71. The summed E-state index contributed by atoms with van der Waals surface area (Å²) in [6.07, 6.45) is 3.17. The van der Waals surface area contributed by atoms with Crippen LogP contribution in [0.3, 0.4) is 0 Å².